The van der Waals surface area contributed by atoms with Gasteiger partial charge >= 0.3 is 7.25 Å². The zero-order valence-corrected chi connectivity index (χ0v) is 21.7. The van der Waals surface area contributed by atoms with Crippen molar-refractivity contribution >= 4 is 7.25 Å². The van der Waals surface area contributed by atoms with Gasteiger partial charge in [0.2, 0.25) is 0 Å². The van der Waals surface area contributed by atoms with E-state index < -0.39 is 7.25 Å². The van der Waals surface area contributed by atoms with E-state index >= 15 is 0 Å². The third-order valence-electron chi connectivity index (χ3n) is 6.07. The van der Waals surface area contributed by atoms with Gasteiger partial charge < -0.3 is 21.7 Å². The molecule has 0 saturated carbocycles. The van der Waals surface area contributed by atoms with Gasteiger partial charge in [-0.05, 0) is 12.8 Å². The smallest absolute Gasteiger partial charge is 0.418 e. The van der Waals surface area contributed by atoms with Gasteiger partial charge in [-0.1, -0.05) is 127 Å². The average molecular weight is 476 g/mol. The van der Waals surface area contributed by atoms with Crippen LogP contribution in [0.2, 0.25) is 0 Å². The maximum Gasteiger partial charge on any atom is 0.673 e. The lowest BCUT2D eigenvalue weighted by atomic mass is 10.0. The van der Waals surface area contributed by atoms with E-state index in [4.69, 9.17) is 0 Å². The fourth-order valence-corrected chi connectivity index (χ4v) is 4.24. The zero-order valence-electron chi connectivity index (χ0n) is 21.7. The van der Waals surface area contributed by atoms with Gasteiger partial charge in [-0.15, -0.1) is 0 Å². The van der Waals surface area contributed by atoms with Crippen molar-refractivity contribution in [2.24, 2.45) is 0 Å². The summed E-state index contributed by atoms with van der Waals surface area (Å²) in [6.45, 7) is 4.75. The van der Waals surface area contributed by atoms with E-state index in [2.05, 4.69) is 51.4 Å². The molecular formula is C27H50BF4N. The Balaban J connectivity index is 0.00000184. The van der Waals surface area contributed by atoms with Gasteiger partial charge in [-0.3, -0.25) is 0 Å². The second-order valence-electron chi connectivity index (χ2n) is 10.1. The number of benzene rings is 1. The van der Waals surface area contributed by atoms with Gasteiger partial charge in [-0.25, -0.2) is 0 Å². The van der Waals surface area contributed by atoms with Gasteiger partial charge in [0, 0.05) is 5.56 Å². The molecule has 0 amide bonds. The molecule has 0 unspecified atom stereocenters. The Morgan fingerprint density at radius 2 is 0.909 bits per heavy atom. The van der Waals surface area contributed by atoms with Crippen molar-refractivity contribution < 1.29 is 21.7 Å². The van der Waals surface area contributed by atoms with Crippen LogP contribution in [0, 0.1) is 0 Å². The highest BCUT2D eigenvalue weighted by Gasteiger charge is 2.20. The van der Waals surface area contributed by atoms with Crippen LogP contribution in [-0.2, 0) is 6.54 Å². The first-order valence-electron chi connectivity index (χ1n) is 13.4. The van der Waals surface area contributed by atoms with Crippen molar-refractivity contribution in [3.8, 4) is 0 Å². The Bertz CT molecular complexity index is 529. The summed E-state index contributed by atoms with van der Waals surface area (Å²) in [6, 6.07) is 10.9. The lowest BCUT2D eigenvalue weighted by Crippen LogP contribution is -2.39. The van der Waals surface area contributed by atoms with Crippen LogP contribution in [0.1, 0.15) is 115 Å². The summed E-state index contributed by atoms with van der Waals surface area (Å²) in [6.07, 6.45) is 23.2. The predicted molar refractivity (Wildman–Crippen MR) is 137 cm³/mol. The molecule has 6 heteroatoms. The number of unbranched alkanes of at least 4 members (excludes halogenated alkanes) is 15. The van der Waals surface area contributed by atoms with Gasteiger partial charge in [0.1, 0.15) is 6.54 Å². The molecule has 0 aliphatic heterocycles. The molecule has 0 aliphatic rings. The van der Waals surface area contributed by atoms with E-state index in [1.54, 1.807) is 0 Å². The lowest BCUT2D eigenvalue weighted by Gasteiger charge is -2.30. The van der Waals surface area contributed by atoms with Crippen LogP contribution in [0.5, 0.6) is 0 Å². The minimum absolute atomic E-state index is 1.11. The minimum atomic E-state index is -6.00. The lowest BCUT2D eigenvalue weighted by molar-refractivity contribution is -0.903. The summed E-state index contributed by atoms with van der Waals surface area (Å²) in [5.74, 6) is 0. The summed E-state index contributed by atoms with van der Waals surface area (Å²) >= 11 is 0. The van der Waals surface area contributed by atoms with Crippen molar-refractivity contribution in [3.05, 3.63) is 35.9 Å². The number of rotatable bonds is 19. The largest absolute Gasteiger partial charge is 0.673 e. The molecule has 1 aromatic carbocycles. The zero-order chi connectivity index (χ0) is 24.8. The van der Waals surface area contributed by atoms with E-state index in [1.807, 2.05) is 0 Å². The predicted octanol–water partition coefficient (Wildman–Crippen LogP) is 9.82. The third-order valence-corrected chi connectivity index (χ3v) is 6.07. The van der Waals surface area contributed by atoms with Crippen molar-refractivity contribution in [2.45, 2.75) is 116 Å². The summed E-state index contributed by atoms with van der Waals surface area (Å²) in [4.78, 5) is 0. The Morgan fingerprint density at radius 3 is 1.27 bits per heavy atom. The Morgan fingerprint density at radius 1 is 0.576 bits per heavy atom. The maximum absolute atomic E-state index is 9.75. The highest BCUT2D eigenvalue weighted by atomic mass is 19.5. The molecule has 0 fully saturated rings. The van der Waals surface area contributed by atoms with Gasteiger partial charge in [-0.2, -0.15) is 0 Å². The number of nitrogens with zero attached hydrogens (tertiary/aromatic N) is 1. The maximum atomic E-state index is 9.75. The van der Waals surface area contributed by atoms with E-state index in [1.165, 1.54) is 115 Å². The molecule has 1 rings (SSSR count). The average Bonchev–Trinajstić information content (AvgIpc) is 2.72. The van der Waals surface area contributed by atoms with Crippen molar-refractivity contribution in [1.82, 2.24) is 0 Å². The Labute approximate surface area is 202 Å². The molecule has 0 radical (unpaired) electrons. The minimum Gasteiger partial charge on any atom is -0.418 e. The second kappa shape index (κ2) is 20.3. The second-order valence-corrected chi connectivity index (χ2v) is 10.1. The summed E-state index contributed by atoms with van der Waals surface area (Å²) in [5.41, 5.74) is 1.46. The molecule has 0 heterocycles. The molecule has 1 aromatic rings. The number of hydrogen-bond acceptors (Lipinski definition) is 0. The number of quaternary nitrogens is 1. The van der Waals surface area contributed by atoms with E-state index in [-0.39, 0.29) is 0 Å². The van der Waals surface area contributed by atoms with E-state index in [9.17, 15) is 17.3 Å². The fourth-order valence-electron chi connectivity index (χ4n) is 4.24. The van der Waals surface area contributed by atoms with E-state index in [0.717, 1.165) is 11.0 Å². The van der Waals surface area contributed by atoms with Crippen LogP contribution in [0.4, 0.5) is 17.3 Å². The van der Waals surface area contributed by atoms with Crippen molar-refractivity contribution in [1.29, 1.82) is 0 Å². The third kappa shape index (κ3) is 27.1. The number of hydrogen-bond donors (Lipinski definition) is 0. The molecule has 0 aliphatic carbocycles. The molecule has 0 bridgehead atoms. The topological polar surface area (TPSA) is 0 Å². The first kappa shape index (κ1) is 32.0. The molecule has 0 atom stereocenters. The van der Waals surface area contributed by atoms with Crippen LogP contribution in [0.25, 0.3) is 0 Å². The highest BCUT2D eigenvalue weighted by molar-refractivity contribution is 6.50. The molecular weight excluding hydrogens is 425 g/mol. The van der Waals surface area contributed by atoms with Gasteiger partial charge in [0.15, 0.2) is 0 Å². The molecule has 0 aromatic heterocycles. The van der Waals surface area contributed by atoms with Gasteiger partial charge in [0.05, 0.1) is 20.6 Å². The summed E-state index contributed by atoms with van der Waals surface area (Å²) in [5, 5.41) is 0. The first-order valence-corrected chi connectivity index (χ1v) is 13.4. The monoisotopic (exact) mass is 475 g/mol. The standard InChI is InChI=1S/C27H50N.BF4/c1-4-5-6-7-8-9-10-11-12-13-14-15-16-17-18-22-25-28(2,3)26-27-23-20-19-21-24-27;2-1(3,4)5/h19-21,23-24H,4-18,22,25-26H2,1-3H3;/q+1;-1. The van der Waals surface area contributed by atoms with Crippen LogP contribution < -0.4 is 0 Å². The highest BCUT2D eigenvalue weighted by Crippen LogP contribution is 2.15. The van der Waals surface area contributed by atoms with Gasteiger partial charge in [0.25, 0.3) is 0 Å². The first-order chi connectivity index (χ1) is 15.6. The number of halogens is 4. The Kier molecular flexibility index (Phi) is 19.7. The summed E-state index contributed by atoms with van der Waals surface area (Å²) in [7, 11) is -1.25. The summed E-state index contributed by atoms with van der Waals surface area (Å²) < 4.78 is 40.1. The molecule has 1 nitrogen and oxygen atoms in total. The molecule has 0 saturated heterocycles. The molecule has 0 N–H and O–H groups in total. The van der Waals surface area contributed by atoms with Crippen LogP contribution in [0.3, 0.4) is 0 Å². The molecule has 0 spiro atoms. The van der Waals surface area contributed by atoms with Crippen LogP contribution in [0.15, 0.2) is 30.3 Å². The van der Waals surface area contributed by atoms with Crippen LogP contribution >= 0.6 is 0 Å². The quantitative estimate of drug-likeness (QED) is 0.0808. The Hall–Kier alpha value is -1.04. The molecule has 194 valence electrons. The fraction of sp³-hybridized carbons (Fsp3) is 0.778. The van der Waals surface area contributed by atoms with Crippen molar-refractivity contribution in [2.75, 3.05) is 20.6 Å². The SMILES string of the molecule is CCCCCCCCCCCCCCCCCC[N+](C)(C)Cc1ccccc1.F[B-](F)(F)F. The van der Waals surface area contributed by atoms with E-state index in [0.29, 0.717) is 0 Å². The normalized spacial score (nSPS) is 11.8. The molecule has 33 heavy (non-hydrogen) atoms. The van der Waals surface area contributed by atoms with Crippen LogP contribution in [-0.4, -0.2) is 32.4 Å². The van der Waals surface area contributed by atoms with Crippen molar-refractivity contribution in [3.63, 3.8) is 0 Å².